The van der Waals surface area contributed by atoms with Crippen LogP contribution < -0.4 is 16.0 Å². The Morgan fingerprint density at radius 2 is 1.88 bits per heavy atom. The average Bonchev–Trinajstić information content (AvgIpc) is 3.47. The zero-order valence-corrected chi connectivity index (χ0v) is 23.4. The molecule has 1 aromatic heterocycles. The van der Waals surface area contributed by atoms with E-state index in [1.807, 2.05) is 31.2 Å². The Balaban J connectivity index is 1.59. The molecule has 0 bridgehead atoms. The molecule has 0 saturated carbocycles. The van der Waals surface area contributed by atoms with E-state index in [9.17, 15) is 28.0 Å². The van der Waals surface area contributed by atoms with Crippen LogP contribution in [0.25, 0.3) is 0 Å². The summed E-state index contributed by atoms with van der Waals surface area (Å²) in [7, 11) is 0. The second-order valence-corrected chi connectivity index (χ2v) is 10.4. The maximum Gasteiger partial charge on any atom is 0.416 e. The summed E-state index contributed by atoms with van der Waals surface area (Å²) in [5.74, 6) is -1.84. The molecule has 4 rings (SSSR count). The van der Waals surface area contributed by atoms with E-state index in [2.05, 4.69) is 22.0 Å². The molecule has 0 spiro atoms. The number of aryl methyl sites for hydroxylation is 1. The first kappa shape index (κ1) is 29.8. The second-order valence-electron chi connectivity index (χ2n) is 9.00. The number of dihydropyridines is 1. The monoisotopic (exact) mass is 600 g/mol. The van der Waals surface area contributed by atoms with Crippen LogP contribution in [0.4, 0.5) is 24.5 Å². The first-order valence-corrected chi connectivity index (χ1v) is 13.7. The molecule has 12 heteroatoms. The summed E-state index contributed by atoms with van der Waals surface area (Å²) >= 11 is 7.16. The highest BCUT2D eigenvalue weighted by Gasteiger charge is 2.37. The van der Waals surface area contributed by atoms with E-state index in [4.69, 9.17) is 16.0 Å². The van der Waals surface area contributed by atoms with Crippen LogP contribution in [-0.2, 0) is 22.2 Å². The number of nitrogens with zero attached hydrogens (tertiary/aromatic N) is 1. The predicted octanol–water partition coefficient (Wildman–Crippen LogP) is 7.22. The molecule has 0 fully saturated rings. The van der Waals surface area contributed by atoms with Gasteiger partial charge in [0.2, 0.25) is 5.91 Å². The molecule has 2 heterocycles. The van der Waals surface area contributed by atoms with Crippen LogP contribution in [0.3, 0.4) is 0 Å². The minimum Gasteiger partial charge on any atom is -0.468 e. The van der Waals surface area contributed by atoms with Crippen LogP contribution in [0.5, 0.6) is 0 Å². The number of rotatable bonds is 8. The van der Waals surface area contributed by atoms with Crippen molar-refractivity contribution in [1.82, 2.24) is 5.32 Å². The predicted molar refractivity (Wildman–Crippen MR) is 152 cm³/mol. The molecule has 1 atom stereocenters. The van der Waals surface area contributed by atoms with Crippen molar-refractivity contribution in [1.29, 1.82) is 5.26 Å². The van der Waals surface area contributed by atoms with Crippen LogP contribution >= 0.6 is 23.4 Å². The third kappa shape index (κ3) is 6.96. The van der Waals surface area contributed by atoms with Crippen molar-refractivity contribution in [3.63, 3.8) is 0 Å². The van der Waals surface area contributed by atoms with Crippen LogP contribution in [0.2, 0.25) is 5.02 Å². The third-order valence-electron chi connectivity index (χ3n) is 6.26. The summed E-state index contributed by atoms with van der Waals surface area (Å²) in [4.78, 5) is 26.1. The number of benzene rings is 2. The Morgan fingerprint density at radius 1 is 1.15 bits per heavy atom. The van der Waals surface area contributed by atoms with Gasteiger partial charge in [-0.25, -0.2) is 0 Å². The van der Waals surface area contributed by atoms with Gasteiger partial charge in [0.1, 0.15) is 5.76 Å². The van der Waals surface area contributed by atoms with E-state index in [1.165, 1.54) is 6.26 Å². The normalized spacial score (nSPS) is 15.3. The van der Waals surface area contributed by atoms with E-state index in [0.29, 0.717) is 16.4 Å². The number of furan rings is 1. The van der Waals surface area contributed by atoms with Crippen molar-refractivity contribution >= 4 is 46.6 Å². The first-order valence-electron chi connectivity index (χ1n) is 12.4. The van der Waals surface area contributed by atoms with Crippen molar-refractivity contribution in [3.8, 4) is 6.07 Å². The molecule has 3 aromatic rings. The highest BCUT2D eigenvalue weighted by molar-refractivity contribution is 8.03. The summed E-state index contributed by atoms with van der Waals surface area (Å²) < 4.78 is 45.3. The summed E-state index contributed by atoms with van der Waals surface area (Å²) in [6, 6.07) is 15.3. The number of alkyl halides is 3. The number of thioether (sulfide) groups is 1. The SMILES string of the molecule is CCc1ccc(NC(=O)CSC2=C(C#N)[C@@H](c3ccco3)C(C(=O)Nc3cc(C(F)(F)F)ccc3Cl)=C(C)N2)cc1. The standard InChI is InChI=1S/C29H24ClF3N4O3S/c1-3-17-6-9-19(10-7-17)36-24(38)15-41-28-20(14-34)26(23-5-4-12-40-23)25(16(2)35-28)27(39)37-22-13-18(29(31,32)33)8-11-21(22)30/h4-13,26,35H,3,15H2,1-2H3,(H,36,38)(H,37,39)/t26-/m0/s1. The van der Waals surface area contributed by atoms with Crippen molar-refractivity contribution in [2.75, 3.05) is 16.4 Å². The van der Waals surface area contributed by atoms with Crippen LogP contribution in [0.1, 0.15) is 36.7 Å². The van der Waals surface area contributed by atoms with Crippen LogP contribution in [0.15, 0.2) is 87.1 Å². The zero-order valence-electron chi connectivity index (χ0n) is 21.9. The van der Waals surface area contributed by atoms with Gasteiger partial charge >= 0.3 is 6.18 Å². The van der Waals surface area contributed by atoms with Gasteiger partial charge in [-0.2, -0.15) is 18.4 Å². The van der Waals surface area contributed by atoms with E-state index in [-0.39, 0.29) is 39.3 Å². The minimum absolute atomic E-state index is 0.0391. The number of halogens is 4. The van der Waals surface area contributed by atoms with Gasteiger partial charge in [-0.05, 0) is 61.4 Å². The Bertz CT molecular complexity index is 1560. The van der Waals surface area contributed by atoms with Gasteiger partial charge in [0.25, 0.3) is 5.91 Å². The Morgan fingerprint density at radius 3 is 2.49 bits per heavy atom. The molecule has 0 radical (unpaired) electrons. The third-order valence-corrected chi connectivity index (χ3v) is 7.60. The van der Waals surface area contributed by atoms with Gasteiger partial charge in [0.15, 0.2) is 0 Å². The number of hydrogen-bond donors (Lipinski definition) is 3. The van der Waals surface area contributed by atoms with E-state index < -0.39 is 23.6 Å². The lowest BCUT2D eigenvalue weighted by Gasteiger charge is -2.28. The number of hydrogen-bond acceptors (Lipinski definition) is 6. The van der Waals surface area contributed by atoms with Gasteiger partial charge in [-0.15, -0.1) is 0 Å². The lowest BCUT2D eigenvalue weighted by atomic mass is 9.85. The molecule has 0 unspecified atom stereocenters. The maximum absolute atomic E-state index is 13.5. The fourth-order valence-electron chi connectivity index (χ4n) is 4.21. The molecule has 0 saturated heterocycles. The van der Waals surface area contributed by atoms with Crippen molar-refractivity contribution in [2.24, 2.45) is 0 Å². The maximum atomic E-state index is 13.5. The molecule has 41 heavy (non-hydrogen) atoms. The molecule has 1 aliphatic heterocycles. The largest absolute Gasteiger partial charge is 0.468 e. The second kappa shape index (κ2) is 12.6. The van der Waals surface area contributed by atoms with Gasteiger partial charge in [-0.3, -0.25) is 9.59 Å². The minimum atomic E-state index is -4.64. The van der Waals surface area contributed by atoms with E-state index >= 15 is 0 Å². The summed E-state index contributed by atoms with van der Waals surface area (Å²) in [6.07, 6.45) is -2.39. The summed E-state index contributed by atoms with van der Waals surface area (Å²) in [6.45, 7) is 3.62. The number of nitriles is 1. The number of allylic oxidation sites excluding steroid dienone is 2. The molecular weight excluding hydrogens is 577 g/mol. The fraction of sp³-hybridized carbons (Fsp3) is 0.207. The summed E-state index contributed by atoms with van der Waals surface area (Å²) in [5, 5.41) is 18.6. The number of amides is 2. The Hall–Kier alpha value is -4.14. The molecule has 1 aliphatic rings. The van der Waals surface area contributed by atoms with E-state index in [0.717, 1.165) is 41.9 Å². The highest BCUT2D eigenvalue weighted by Crippen LogP contribution is 2.42. The van der Waals surface area contributed by atoms with E-state index in [1.54, 1.807) is 19.1 Å². The molecule has 212 valence electrons. The van der Waals surface area contributed by atoms with Crippen LogP contribution in [0, 0.1) is 11.3 Å². The fourth-order valence-corrected chi connectivity index (χ4v) is 5.27. The number of anilines is 2. The first-order chi connectivity index (χ1) is 19.5. The average molecular weight is 601 g/mol. The number of carbonyl (C=O) groups is 2. The molecular formula is C29H24ClF3N4O3S. The lowest BCUT2D eigenvalue weighted by Crippen LogP contribution is -2.31. The quantitative estimate of drug-likeness (QED) is 0.252. The highest BCUT2D eigenvalue weighted by atomic mass is 35.5. The summed E-state index contributed by atoms with van der Waals surface area (Å²) in [5.41, 5.74) is 1.03. The van der Waals surface area contributed by atoms with Gasteiger partial charge in [-0.1, -0.05) is 42.4 Å². The van der Waals surface area contributed by atoms with Crippen molar-refractivity contribution in [3.05, 3.63) is 105 Å². The zero-order chi connectivity index (χ0) is 29.7. The lowest BCUT2D eigenvalue weighted by molar-refractivity contribution is -0.137. The van der Waals surface area contributed by atoms with Gasteiger partial charge < -0.3 is 20.4 Å². The van der Waals surface area contributed by atoms with Gasteiger partial charge in [0, 0.05) is 11.4 Å². The smallest absolute Gasteiger partial charge is 0.416 e. The Labute approximate surface area is 243 Å². The van der Waals surface area contributed by atoms with Gasteiger partial charge in [0.05, 0.1) is 56.5 Å². The Kier molecular flexibility index (Phi) is 9.15. The van der Waals surface area contributed by atoms with Crippen LogP contribution in [-0.4, -0.2) is 17.6 Å². The topological polar surface area (TPSA) is 107 Å². The molecule has 3 N–H and O–H groups in total. The van der Waals surface area contributed by atoms with Crippen molar-refractivity contribution in [2.45, 2.75) is 32.4 Å². The number of nitrogens with one attached hydrogen (secondary N) is 3. The number of carbonyl (C=O) groups excluding carboxylic acids is 2. The van der Waals surface area contributed by atoms with Crippen molar-refractivity contribution < 1.29 is 27.2 Å². The molecule has 2 aromatic carbocycles. The molecule has 7 nitrogen and oxygen atoms in total. The molecule has 0 aliphatic carbocycles. The molecule has 2 amide bonds.